The predicted octanol–water partition coefficient (Wildman–Crippen LogP) is 2.77. The molecule has 0 spiro atoms. The van der Waals surface area contributed by atoms with Gasteiger partial charge in [0.15, 0.2) is 0 Å². The summed E-state index contributed by atoms with van der Waals surface area (Å²) >= 11 is 0. The Hall–Kier alpha value is -1.06. The van der Waals surface area contributed by atoms with Crippen molar-refractivity contribution in [2.75, 3.05) is 0 Å². The maximum absolute atomic E-state index is 11.5. The van der Waals surface area contributed by atoms with Gasteiger partial charge in [0.05, 0.1) is 10.8 Å². The minimum absolute atomic E-state index is 0.340. The van der Waals surface area contributed by atoms with E-state index in [1.165, 1.54) is 0 Å². The smallest absolute Gasteiger partial charge is 0.310 e. The van der Waals surface area contributed by atoms with Crippen molar-refractivity contribution in [3.63, 3.8) is 0 Å². The monoisotopic (exact) mass is 230 g/mol. The van der Waals surface area contributed by atoms with Crippen molar-refractivity contribution in [3.8, 4) is 0 Å². The Balaban J connectivity index is 5.78. The van der Waals surface area contributed by atoms with E-state index in [4.69, 9.17) is 0 Å². The zero-order valence-corrected chi connectivity index (χ0v) is 10.5. The molecule has 2 N–H and O–H groups in total. The first-order chi connectivity index (χ1) is 7.38. The van der Waals surface area contributed by atoms with Gasteiger partial charge in [-0.2, -0.15) is 0 Å². The molecule has 0 fully saturated rings. The average Bonchev–Trinajstić information content (AvgIpc) is 2.25. The fraction of sp³-hybridized carbons (Fsp3) is 0.833. The zero-order valence-electron chi connectivity index (χ0n) is 10.5. The Morgan fingerprint density at radius 1 is 0.750 bits per heavy atom. The van der Waals surface area contributed by atoms with Crippen LogP contribution in [-0.2, 0) is 9.59 Å². The number of hydrogen-bond donors (Lipinski definition) is 2. The highest BCUT2D eigenvalue weighted by Gasteiger charge is 2.57. The second kappa shape index (κ2) is 5.32. The second-order valence-electron chi connectivity index (χ2n) is 4.19. The van der Waals surface area contributed by atoms with Crippen molar-refractivity contribution in [2.24, 2.45) is 10.8 Å². The van der Waals surface area contributed by atoms with Gasteiger partial charge in [0.25, 0.3) is 0 Å². The third-order valence-electron chi connectivity index (χ3n) is 4.15. The van der Waals surface area contributed by atoms with E-state index in [1.807, 2.05) is 0 Å². The van der Waals surface area contributed by atoms with E-state index in [1.54, 1.807) is 27.7 Å². The van der Waals surface area contributed by atoms with Gasteiger partial charge in [0.1, 0.15) is 0 Å². The SMILES string of the molecule is CCC(CC)(C(=O)O)C(CC)(CC)C(=O)O. The fourth-order valence-electron chi connectivity index (χ4n) is 2.87. The van der Waals surface area contributed by atoms with E-state index < -0.39 is 22.8 Å². The summed E-state index contributed by atoms with van der Waals surface area (Å²) in [6.45, 7) is 7.00. The standard InChI is InChI=1S/C12H22O4/c1-5-11(6-2,9(13)14)12(7-3,8-4)10(15)16/h5-8H2,1-4H3,(H,13,14)(H,15,16). The fourth-order valence-corrected chi connectivity index (χ4v) is 2.87. The lowest BCUT2D eigenvalue weighted by molar-refractivity contribution is -0.176. The molecule has 0 saturated heterocycles. The molecule has 0 amide bonds. The highest BCUT2D eigenvalue weighted by Crippen LogP contribution is 2.50. The van der Waals surface area contributed by atoms with Gasteiger partial charge in [-0.05, 0) is 25.7 Å². The lowest BCUT2D eigenvalue weighted by atomic mass is 9.57. The van der Waals surface area contributed by atoms with Crippen molar-refractivity contribution in [1.82, 2.24) is 0 Å². The van der Waals surface area contributed by atoms with Crippen LogP contribution >= 0.6 is 0 Å². The van der Waals surface area contributed by atoms with Gasteiger partial charge < -0.3 is 10.2 Å². The van der Waals surface area contributed by atoms with Crippen LogP contribution in [0.2, 0.25) is 0 Å². The van der Waals surface area contributed by atoms with Gasteiger partial charge >= 0.3 is 11.9 Å². The quantitative estimate of drug-likeness (QED) is 0.705. The molecule has 94 valence electrons. The molecule has 0 atom stereocenters. The third-order valence-corrected chi connectivity index (χ3v) is 4.15. The predicted molar refractivity (Wildman–Crippen MR) is 61.3 cm³/mol. The van der Waals surface area contributed by atoms with Crippen LogP contribution in [0.4, 0.5) is 0 Å². The topological polar surface area (TPSA) is 74.6 Å². The molecule has 0 rings (SSSR count). The van der Waals surface area contributed by atoms with E-state index in [0.717, 1.165) is 0 Å². The van der Waals surface area contributed by atoms with E-state index in [-0.39, 0.29) is 0 Å². The molecule has 16 heavy (non-hydrogen) atoms. The van der Waals surface area contributed by atoms with Crippen LogP contribution in [0, 0.1) is 10.8 Å². The minimum atomic E-state index is -1.16. The van der Waals surface area contributed by atoms with Gasteiger partial charge in [0.2, 0.25) is 0 Å². The molecule has 0 aliphatic heterocycles. The first-order valence-electron chi connectivity index (χ1n) is 5.85. The number of aliphatic carboxylic acids is 2. The zero-order chi connectivity index (χ0) is 13.0. The Labute approximate surface area is 96.7 Å². The summed E-state index contributed by atoms with van der Waals surface area (Å²) in [5.41, 5.74) is -2.33. The van der Waals surface area contributed by atoms with E-state index in [2.05, 4.69) is 0 Å². The van der Waals surface area contributed by atoms with Crippen LogP contribution in [0.1, 0.15) is 53.4 Å². The number of carboxylic acid groups (broad SMARTS) is 2. The van der Waals surface area contributed by atoms with Gasteiger partial charge in [0, 0.05) is 0 Å². The Morgan fingerprint density at radius 3 is 1.00 bits per heavy atom. The number of carboxylic acids is 2. The van der Waals surface area contributed by atoms with Gasteiger partial charge in [-0.3, -0.25) is 9.59 Å². The molecule has 4 nitrogen and oxygen atoms in total. The molecule has 4 heteroatoms. The lowest BCUT2D eigenvalue weighted by Crippen LogP contribution is -2.51. The summed E-state index contributed by atoms with van der Waals surface area (Å²) in [5, 5.41) is 18.8. The Morgan fingerprint density at radius 2 is 0.938 bits per heavy atom. The molecular weight excluding hydrogens is 208 g/mol. The second-order valence-corrected chi connectivity index (χ2v) is 4.19. The summed E-state index contributed by atoms with van der Waals surface area (Å²) in [7, 11) is 0. The summed E-state index contributed by atoms with van der Waals surface area (Å²) in [5.74, 6) is -1.99. The van der Waals surface area contributed by atoms with Crippen molar-refractivity contribution >= 4 is 11.9 Å². The van der Waals surface area contributed by atoms with Gasteiger partial charge in [-0.25, -0.2) is 0 Å². The maximum atomic E-state index is 11.5. The highest BCUT2D eigenvalue weighted by atomic mass is 16.4. The summed E-state index contributed by atoms with van der Waals surface area (Å²) in [6, 6.07) is 0. The number of carbonyl (C=O) groups is 2. The lowest BCUT2D eigenvalue weighted by Gasteiger charge is -2.43. The van der Waals surface area contributed by atoms with E-state index in [9.17, 15) is 19.8 Å². The molecule has 0 aromatic carbocycles. The van der Waals surface area contributed by atoms with Crippen LogP contribution in [-0.4, -0.2) is 22.2 Å². The van der Waals surface area contributed by atoms with E-state index in [0.29, 0.717) is 25.7 Å². The number of rotatable bonds is 7. The van der Waals surface area contributed by atoms with Crippen LogP contribution in [0.5, 0.6) is 0 Å². The van der Waals surface area contributed by atoms with Crippen molar-refractivity contribution in [3.05, 3.63) is 0 Å². The van der Waals surface area contributed by atoms with Crippen LogP contribution in [0.3, 0.4) is 0 Å². The first kappa shape index (κ1) is 14.9. The third kappa shape index (κ3) is 1.81. The largest absolute Gasteiger partial charge is 0.481 e. The molecule has 0 heterocycles. The summed E-state index contributed by atoms with van der Waals surface area (Å²) in [4.78, 5) is 23.0. The normalized spacial score (nSPS) is 12.5. The maximum Gasteiger partial charge on any atom is 0.310 e. The minimum Gasteiger partial charge on any atom is -0.481 e. The summed E-state index contributed by atoms with van der Waals surface area (Å²) in [6.07, 6.45) is 1.36. The highest BCUT2D eigenvalue weighted by molar-refractivity contribution is 5.86. The molecular formula is C12H22O4. The molecule has 0 saturated carbocycles. The Kier molecular flexibility index (Phi) is 4.97. The van der Waals surface area contributed by atoms with Gasteiger partial charge in [-0.1, -0.05) is 27.7 Å². The summed E-state index contributed by atoms with van der Waals surface area (Å²) < 4.78 is 0. The van der Waals surface area contributed by atoms with Gasteiger partial charge in [-0.15, -0.1) is 0 Å². The van der Waals surface area contributed by atoms with Crippen LogP contribution in [0.15, 0.2) is 0 Å². The first-order valence-corrected chi connectivity index (χ1v) is 5.85. The molecule has 0 unspecified atom stereocenters. The number of hydrogen-bond acceptors (Lipinski definition) is 2. The average molecular weight is 230 g/mol. The molecule has 0 bridgehead atoms. The molecule has 0 aliphatic carbocycles. The molecule has 0 aromatic heterocycles. The Bertz CT molecular complexity index is 234. The van der Waals surface area contributed by atoms with Crippen molar-refractivity contribution in [1.29, 1.82) is 0 Å². The van der Waals surface area contributed by atoms with Crippen molar-refractivity contribution < 1.29 is 19.8 Å². The van der Waals surface area contributed by atoms with E-state index >= 15 is 0 Å². The molecule has 0 radical (unpaired) electrons. The van der Waals surface area contributed by atoms with Crippen LogP contribution in [0.25, 0.3) is 0 Å². The molecule has 0 aromatic rings. The molecule has 0 aliphatic rings. The van der Waals surface area contributed by atoms with Crippen LogP contribution < -0.4 is 0 Å². The van der Waals surface area contributed by atoms with Crippen molar-refractivity contribution in [2.45, 2.75) is 53.4 Å².